The fourth-order valence-corrected chi connectivity index (χ4v) is 6.68. The number of benzene rings is 2. The topological polar surface area (TPSA) is 127 Å². The lowest BCUT2D eigenvalue weighted by Gasteiger charge is -2.49. The van der Waals surface area contributed by atoms with Crippen molar-refractivity contribution in [3.05, 3.63) is 83.0 Å². The Labute approximate surface area is 232 Å². The quantitative estimate of drug-likeness (QED) is 0.309. The standard InChI is InChI=1S/C27H23N5O5S2/c1-36-19-9-7-17(8-10-19)15-37-27(35)24-20(39-22-12-14-29-32(22)18-5-3-2-4-6-18)16-38-26-23(25(34)31(24)26)30-21(33)11-13-28/h2-10,12,14,23,26H,11,15-16H2,1H3,(H,30,33)/t23-,26-/m1/s1. The van der Waals surface area contributed by atoms with E-state index in [2.05, 4.69) is 10.4 Å². The van der Waals surface area contributed by atoms with E-state index in [1.165, 1.54) is 28.4 Å². The molecule has 1 N–H and O–H groups in total. The molecule has 198 valence electrons. The molecule has 3 heterocycles. The van der Waals surface area contributed by atoms with Crippen LogP contribution in [0.2, 0.25) is 0 Å². The van der Waals surface area contributed by atoms with Crippen LogP contribution in [0.15, 0.2) is 82.5 Å². The van der Waals surface area contributed by atoms with Gasteiger partial charge in [0.15, 0.2) is 0 Å². The molecule has 0 bridgehead atoms. The van der Waals surface area contributed by atoms with Gasteiger partial charge in [-0.15, -0.1) is 11.8 Å². The molecule has 12 heteroatoms. The molecule has 2 aliphatic heterocycles. The number of nitrogens with zero attached hydrogens (tertiary/aromatic N) is 4. The summed E-state index contributed by atoms with van der Waals surface area (Å²) in [5, 5.41) is 16.1. The minimum atomic E-state index is -0.818. The maximum Gasteiger partial charge on any atom is 0.356 e. The number of thioether (sulfide) groups is 2. The van der Waals surface area contributed by atoms with Gasteiger partial charge in [0.25, 0.3) is 5.91 Å². The van der Waals surface area contributed by atoms with Gasteiger partial charge in [-0.3, -0.25) is 14.5 Å². The Kier molecular flexibility index (Phi) is 7.90. The number of rotatable bonds is 9. The first-order chi connectivity index (χ1) is 19.0. The molecule has 0 unspecified atom stereocenters. The Morgan fingerprint density at radius 2 is 1.95 bits per heavy atom. The van der Waals surface area contributed by atoms with Crippen LogP contribution in [0.5, 0.6) is 5.75 Å². The van der Waals surface area contributed by atoms with Gasteiger partial charge in [-0.05, 0) is 35.9 Å². The smallest absolute Gasteiger partial charge is 0.356 e. The summed E-state index contributed by atoms with van der Waals surface area (Å²) >= 11 is 2.77. The van der Waals surface area contributed by atoms with Crippen molar-refractivity contribution in [3.8, 4) is 17.5 Å². The number of nitrogens with one attached hydrogen (secondary N) is 1. The first-order valence-corrected chi connectivity index (χ1v) is 13.8. The van der Waals surface area contributed by atoms with Crippen LogP contribution in [0, 0.1) is 11.3 Å². The van der Waals surface area contributed by atoms with Crippen molar-refractivity contribution in [1.82, 2.24) is 20.0 Å². The highest BCUT2D eigenvalue weighted by Gasteiger charge is 2.54. The first-order valence-electron chi connectivity index (χ1n) is 11.9. The van der Waals surface area contributed by atoms with Gasteiger partial charge in [-0.1, -0.05) is 42.1 Å². The lowest BCUT2D eigenvalue weighted by atomic mass is 10.0. The lowest BCUT2D eigenvalue weighted by Crippen LogP contribution is -2.70. The molecule has 39 heavy (non-hydrogen) atoms. The summed E-state index contributed by atoms with van der Waals surface area (Å²) in [4.78, 5) is 40.7. The number of methoxy groups -OCH3 is 1. The van der Waals surface area contributed by atoms with Gasteiger partial charge < -0.3 is 14.8 Å². The molecule has 0 spiro atoms. The number of carbonyl (C=O) groups is 3. The second-order valence-electron chi connectivity index (χ2n) is 8.50. The van der Waals surface area contributed by atoms with Crippen LogP contribution < -0.4 is 10.1 Å². The molecule has 2 aromatic carbocycles. The molecule has 1 aromatic heterocycles. The number of hydrogen-bond donors (Lipinski definition) is 1. The van der Waals surface area contributed by atoms with E-state index in [1.54, 1.807) is 48.3 Å². The van der Waals surface area contributed by atoms with E-state index < -0.39 is 29.2 Å². The monoisotopic (exact) mass is 561 g/mol. The van der Waals surface area contributed by atoms with Crippen LogP contribution in [0.4, 0.5) is 0 Å². The molecule has 2 amide bonds. The molecule has 2 aliphatic rings. The average Bonchev–Trinajstić information content (AvgIpc) is 3.43. The van der Waals surface area contributed by atoms with E-state index in [0.717, 1.165) is 16.3 Å². The Morgan fingerprint density at radius 1 is 1.18 bits per heavy atom. The zero-order chi connectivity index (χ0) is 27.4. The molecule has 5 rings (SSSR count). The number of carbonyl (C=O) groups excluding carboxylic acids is 3. The van der Waals surface area contributed by atoms with Gasteiger partial charge in [0.2, 0.25) is 5.91 Å². The van der Waals surface area contributed by atoms with E-state index in [4.69, 9.17) is 14.7 Å². The van der Waals surface area contributed by atoms with Gasteiger partial charge in [0.1, 0.15) is 40.9 Å². The zero-order valence-electron chi connectivity index (χ0n) is 20.8. The zero-order valence-corrected chi connectivity index (χ0v) is 22.4. The molecule has 3 aromatic rings. The second kappa shape index (κ2) is 11.7. The largest absolute Gasteiger partial charge is 0.497 e. The van der Waals surface area contributed by atoms with Crippen molar-refractivity contribution in [1.29, 1.82) is 5.26 Å². The van der Waals surface area contributed by atoms with Crippen LogP contribution in [0.1, 0.15) is 12.0 Å². The third-order valence-corrected chi connectivity index (χ3v) is 8.61. The summed E-state index contributed by atoms with van der Waals surface area (Å²) in [5.74, 6) is -0.500. The summed E-state index contributed by atoms with van der Waals surface area (Å²) in [5.41, 5.74) is 1.77. The van der Waals surface area contributed by atoms with Crippen molar-refractivity contribution in [2.45, 2.75) is 29.5 Å². The molecule has 0 saturated carbocycles. The van der Waals surface area contributed by atoms with Crippen molar-refractivity contribution >= 4 is 41.3 Å². The number of amides is 2. The summed E-state index contributed by atoms with van der Waals surface area (Å²) in [6, 6.07) is 19.5. The maximum atomic E-state index is 13.5. The predicted octanol–water partition coefficient (Wildman–Crippen LogP) is 3.24. The van der Waals surface area contributed by atoms with E-state index in [-0.39, 0.29) is 18.7 Å². The molecular weight excluding hydrogens is 538 g/mol. The molecule has 0 radical (unpaired) electrons. The predicted molar refractivity (Wildman–Crippen MR) is 144 cm³/mol. The Morgan fingerprint density at radius 3 is 2.67 bits per heavy atom. The number of nitriles is 1. The van der Waals surface area contributed by atoms with Crippen LogP contribution >= 0.6 is 23.5 Å². The van der Waals surface area contributed by atoms with Crippen LogP contribution in [0.3, 0.4) is 0 Å². The number of β-lactam (4-membered cyclic amide) rings is 1. The van der Waals surface area contributed by atoms with Gasteiger partial charge in [0, 0.05) is 10.7 Å². The Bertz CT molecular complexity index is 1470. The van der Waals surface area contributed by atoms with Gasteiger partial charge >= 0.3 is 5.97 Å². The minimum Gasteiger partial charge on any atom is -0.497 e. The van der Waals surface area contributed by atoms with Crippen LogP contribution in [-0.2, 0) is 25.7 Å². The number of ether oxygens (including phenoxy) is 2. The number of hydrogen-bond acceptors (Lipinski definition) is 9. The van der Waals surface area contributed by atoms with E-state index in [0.29, 0.717) is 16.4 Å². The summed E-state index contributed by atoms with van der Waals surface area (Å²) in [7, 11) is 1.57. The molecule has 1 fully saturated rings. The molecule has 10 nitrogen and oxygen atoms in total. The van der Waals surface area contributed by atoms with Crippen molar-refractivity contribution in [2.24, 2.45) is 0 Å². The lowest BCUT2D eigenvalue weighted by molar-refractivity contribution is -0.153. The SMILES string of the molecule is COc1ccc(COC(=O)C2=C(Sc3ccnn3-c3ccccc3)CS[C@@H]3[C@H](NC(=O)CC#N)C(=O)N23)cc1. The van der Waals surface area contributed by atoms with E-state index in [1.807, 2.05) is 36.4 Å². The van der Waals surface area contributed by atoms with Crippen LogP contribution in [0.25, 0.3) is 5.69 Å². The molecular formula is C27H23N5O5S2. The number of fused-ring (bicyclic) bond motifs is 1. The highest BCUT2D eigenvalue weighted by atomic mass is 32.2. The number of aromatic nitrogens is 2. The molecule has 2 atom stereocenters. The third-order valence-electron chi connectivity index (χ3n) is 6.05. The molecule has 1 saturated heterocycles. The number of para-hydroxylation sites is 1. The van der Waals surface area contributed by atoms with Gasteiger partial charge in [-0.2, -0.15) is 10.4 Å². The van der Waals surface area contributed by atoms with Crippen molar-refractivity contribution in [3.63, 3.8) is 0 Å². The second-order valence-corrected chi connectivity index (χ2v) is 10.7. The van der Waals surface area contributed by atoms with E-state index in [9.17, 15) is 14.4 Å². The Hall–Kier alpha value is -4.21. The Balaban J connectivity index is 1.42. The normalized spacial score (nSPS) is 18.1. The highest BCUT2D eigenvalue weighted by Crippen LogP contribution is 2.45. The average molecular weight is 562 g/mol. The van der Waals surface area contributed by atoms with Gasteiger partial charge in [-0.25, -0.2) is 9.48 Å². The summed E-state index contributed by atoms with van der Waals surface area (Å²) in [6.07, 6.45) is 1.32. The summed E-state index contributed by atoms with van der Waals surface area (Å²) < 4.78 is 12.6. The van der Waals surface area contributed by atoms with Gasteiger partial charge in [0.05, 0.1) is 25.1 Å². The van der Waals surface area contributed by atoms with Crippen molar-refractivity contribution in [2.75, 3.05) is 12.9 Å². The molecule has 0 aliphatic carbocycles. The maximum absolute atomic E-state index is 13.5. The van der Waals surface area contributed by atoms with Crippen LogP contribution in [-0.4, -0.2) is 56.7 Å². The number of esters is 1. The first kappa shape index (κ1) is 26.4. The fraction of sp³-hybridized carbons (Fsp3) is 0.222. The van der Waals surface area contributed by atoms with E-state index >= 15 is 0 Å². The van der Waals surface area contributed by atoms with Crippen molar-refractivity contribution < 1.29 is 23.9 Å². The fourth-order valence-electron chi connectivity index (χ4n) is 4.15. The highest BCUT2D eigenvalue weighted by molar-refractivity contribution is 8.06. The third kappa shape index (κ3) is 5.50. The summed E-state index contributed by atoms with van der Waals surface area (Å²) in [6.45, 7) is 0.00833. The minimum absolute atomic E-state index is 0.00833.